The van der Waals surface area contributed by atoms with Crippen LogP contribution in [0.4, 0.5) is 17.1 Å². The molecule has 0 spiro atoms. The fourth-order valence-corrected chi connectivity index (χ4v) is 3.20. The standard InChI is InChI=1S/C26H24N4O6/c1-26(2,3)19-8-6-18(7-9-19)24(31)28-23(16-17-4-12-21(13-5-17)29(33)34)25(32)27-20-10-14-22(15-11-20)30(35)36/h4-16H,1-3H3,(H,27,32)(H,28,31)/b23-16-. The van der Waals surface area contributed by atoms with Gasteiger partial charge >= 0.3 is 0 Å². The zero-order chi connectivity index (χ0) is 26.5. The van der Waals surface area contributed by atoms with E-state index in [1.165, 1.54) is 54.6 Å². The molecule has 0 aliphatic heterocycles. The second kappa shape index (κ2) is 10.6. The Morgan fingerprint density at radius 3 is 1.75 bits per heavy atom. The van der Waals surface area contributed by atoms with Gasteiger partial charge in [-0.2, -0.15) is 0 Å². The fraction of sp³-hybridized carbons (Fsp3) is 0.154. The summed E-state index contributed by atoms with van der Waals surface area (Å²) in [7, 11) is 0. The largest absolute Gasteiger partial charge is 0.321 e. The predicted octanol–water partition coefficient (Wildman–Crippen LogP) is 5.21. The molecule has 184 valence electrons. The first kappa shape index (κ1) is 25.8. The van der Waals surface area contributed by atoms with Crippen LogP contribution in [-0.4, -0.2) is 21.7 Å². The maximum Gasteiger partial charge on any atom is 0.272 e. The van der Waals surface area contributed by atoms with E-state index in [9.17, 15) is 29.8 Å². The summed E-state index contributed by atoms with van der Waals surface area (Å²) in [5, 5.41) is 27.0. The number of rotatable bonds is 7. The SMILES string of the molecule is CC(C)(C)c1ccc(C(=O)N/C(=C\c2ccc([N+](=O)[O-])cc2)C(=O)Nc2ccc([N+](=O)[O-])cc2)cc1. The molecule has 0 aliphatic carbocycles. The number of carbonyl (C=O) groups excluding carboxylic acids is 2. The average Bonchev–Trinajstić information content (AvgIpc) is 2.83. The van der Waals surface area contributed by atoms with Gasteiger partial charge in [-0.3, -0.25) is 29.8 Å². The molecule has 0 bridgehead atoms. The van der Waals surface area contributed by atoms with Crippen LogP contribution in [0.1, 0.15) is 42.3 Å². The highest BCUT2D eigenvalue weighted by atomic mass is 16.6. The first-order valence-electron chi connectivity index (χ1n) is 10.9. The Morgan fingerprint density at radius 2 is 1.28 bits per heavy atom. The van der Waals surface area contributed by atoms with Crippen LogP contribution in [0.5, 0.6) is 0 Å². The van der Waals surface area contributed by atoms with Gasteiger partial charge in [0.2, 0.25) is 0 Å². The zero-order valence-electron chi connectivity index (χ0n) is 19.8. The van der Waals surface area contributed by atoms with E-state index in [0.29, 0.717) is 11.1 Å². The Hall–Kier alpha value is -4.86. The molecule has 0 atom stereocenters. The summed E-state index contributed by atoms with van der Waals surface area (Å²) < 4.78 is 0. The number of nitro benzene ring substituents is 2. The number of nitro groups is 2. The number of benzene rings is 3. The summed E-state index contributed by atoms with van der Waals surface area (Å²) in [6, 6.07) is 17.7. The van der Waals surface area contributed by atoms with Crippen molar-refractivity contribution in [1.82, 2.24) is 5.32 Å². The first-order chi connectivity index (χ1) is 16.9. The van der Waals surface area contributed by atoms with Crippen LogP contribution in [0.2, 0.25) is 0 Å². The number of anilines is 1. The van der Waals surface area contributed by atoms with Gasteiger partial charge in [0.1, 0.15) is 5.70 Å². The van der Waals surface area contributed by atoms with Gasteiger partial charge in [0.05, 0.1) is 9.85 Å². The Labute approximate surface area is 207 Å². The van der Waals surface area contributed by atoms with E-state index >= 15 is 0 Å². The highest BCUT2D eigenvalue weighted by Crippen LogP contribution is 2.22. The lowest BCUT2D eigenvalue weighted by atomic mass is 9.87. The molecule has 0 aromatic heterocycles. The topological polar surface area (TPSA) is 144 Å². The molecule has 0 unspecified atom stereocenters. The lowest BCUT2D eigenvalue weighted by Gasteiger charge is -2.19. The van der Waals surface area contributed by atoms with Gasteiger partial charge in [-0.05, 0) is 59.0 Å². The zero-order valence-corrected chi connectivity index (χ0v) is 19.8. The molecule has 0 saturated heterocycles. The first-order valence-corrected chi connectivity index (χ1v) is 10.9. The van der Waals surface area contributed by atoms with Crippen LogP contribution in [0.15, 0.2) is 78.5 Å². The average molecular weight is 489 g/mol. The molecular formula is C26H24N4O6. The summed E-state index contributed by atoms with van der Waals surface area (Å²) in [4.78, 5) is 46.6. The lowest BCUT2D eigenvalue weighted by molar-refractivity contribution is -0.385. The van der Waals surface area contributed by atoms with Crippen molar-refractivity contribution < 1.29 is 19.4 Å². The summed E-state index contributed by atoms with van der Waals surface area (Å²) in [5.41, 5.74) is 1.63. The minimum absolute atomic E-state index is 0.0966. The Bertz CT molecular complexity index is 1320. The van der Waals surface area contributed by atoms with Crippen LogP contribution in [0, 0.1) is 20.2 Å². The predicted molar refractivity (Wildman–Crippen MR) is 135 cm³/mol. The van der Waals surface area contributed by atoms with Gasteiger partial charge in [0.15, 0.2) is 0 Å². The molecule has 36 heavy (non-hydrogen) atoms. The van der Waals surface area contributed by atoms with Gasteiger partial charge in [-0.1, -0.05) is 32.9 Å². The molecule has 10 heteroatoms. The van der Waals surface area contributed by atoms with Crippen LogP contribution >= 0.6 is 0 Å². The maximum atomic E-state index is 13.0. The maximum absolute atomic E-state index is 13.0. The molecule has 0 radical (unpaired) electrons. The normalized spacial score (nSPS) is 11.5. The van der Waals surface area contributed by atoms with Crippen molar-refractivity contribution >= 4 is 35.0 Å². The third kappa shape index (κ3) is 6.60. The number of hydrogen-bond donors (Lipinski definition) is 2. The number of hydrogen-bond acceptors (Lipinski definition) is 6. The third-order valence-electron chi connectivity index (χ3n) is 5.26. The Balaban J connectivity index is 1.88. The molecule has 0 fully saturated rings. The highest BCUT2D eigenvalue weighted by molar-refractivity contribution is 6.10. The minimum Gasteiger partial charge on any atom is -0.321 e. The number of amides is 2. The third-order valence-corrected chi connectivity index (χ3v) is 5.26. The van der Waals surface area contributed by atoms with Gasteiger partial charge < -0.3 is 10.6 Å². The molecule has 0 saturated carbocycles. The Kier molecular flexibility index (Phi) is 7.58. The van der Waals surface area contributed by atoms with Crippen molar-refractivity contribution in [3.8, 4) is 0 Å². The second-order valence-electron chi connectivity index (χ2n) is 8.95. The number of carbonyl (C=O) groups is 2. The molecule has 2 N–H and O–H groups in total. The molecule has 3 aromatic rings. The van der Waals surface area contributed by atoms with E-state index in [-0.39, 0.29) is 28.2 Å². The van der Waals surface area contributed by atoms with E-state index in [2.05, 4.69) is 31.4 Å². The fourth-order valence-electron chi connectivity index (χ4n) is 3.20. The van der Waals surface area contributed by atoms with Crippen molar-refractivity contribution in [2.45, 2.75) is 26.2 Å². The molecule has 0 heterocycles. The highest BCUT2D eigenvalue weighted by Gasteiger charge is 2.18. The van der Waals surface area contributed by atoms with Crippen LogP contribution in [0.3, 0.4) is 0 Å². The minimum atomic E-state index is -0.679. The van der Waals surface area contributed by atoms with Gasteiger partial charge in [-0.25, -0.2) is 0 Å². The van der Waals surface area contributed by atoms with E-state index in [1.54, 1.807) is 12.1 Å². The van der Waals surface area contributed by atoms with Crippen molar-refractivity contribution in [2.75, 3.05) is 5.32 Å². The second-order valence-corrected chi connectivity index (χ2v) is 8.95. The van der Waals surface area contributed by atoms with Crippen molar-refractivity contribution in [3.05, 3.63) is 115 Å². The van der Waals surface area contributed by atoms with Gasteiger partial charge in [-0.15, -0.1) is 0 Å². The molecule has 3 rings (SSSR count). The van der Waals surface area contributed by atoms with E-state index < -0.39 is 21.7 Å². The number of non-ortho nitro benzene ring substituents is 2. The van der Waals surface area contributed by atoms with Crippen LogP contribution in [-0.2, 0) is 10.2 Å². The van der Waals surface area contributed by atoms with Gasteiger partial charge in [0, 0.05) is 35.5 Å². The molecular weight excluding hydrogens is 464 g/mol. The van der Waals surface area contributed by atoms with Crippen LogP contribution < -0.4 is 10.6 Å². The van der Waals surface area contributed by atoms with Crippen molar-refractivity contribution in [3.63, 3.8) is 0 Å². The Morgan fingerprint density at radius 1 is 0.778 bits per heavy atom. The van der Waals surface area contributed by atoms with Crippen LogP contribution in [0.25, 0.3) is 6.08 Å². The van der Waals surface area contributed by atoms with E-state index in [0.717, 1.165) is 5.56 Å². The molecule has 3 aromatic carbocycles. The van der Waals surface area contributed by atoms with E-state index in [4.69, 9.17) is 0 Å². The number of nitrogens with one attached hydrogen (secondary N) is 2. The summed E-state index contributed by atoms with van der Waals surface area (Å²) >= 11 is 0. The molecule has 2 amide bonds. The molecule has 0 aliphatic rings. The van der Waals surface area contributed by atoms with Gasteiger partial charge in [0.25, 0.3) is 23.2 Å². The molecule has 10 nitrogen and oxygen atoms in total. The smallest absolute Gasteiger partial charge is 0.272 e. The number of nitrogens with zero attached hydrogens (tertiary/aromatic N) is 2. The quantitative estimate of drug-likeness (QED) is 0.265. The lowest BCUT2D eigenvalue weighted by Crippen LogP contribution is -2.30. The van der Waals surface area contributed by atoms with Crippen molar-refractivity contribution in [2.24, 2.45) is 0 Å². The monoisotopic (exact) mass is 488 g/mol. The van der Waals surface area contributed by atoms with Crippen molar-refractivity contribution in [1.29, 1.82) is 0 Å². The van der Waals surface area contributed by atoms with E-state index in [1.807, 2.05) is 12.1 Å². The summed E-state index contributed by atoms with van der Waals surface area (Å²) in [6.07, 6.45) is 1.38. The summed E-state index contributed by atoms with van der Waals surface area (Å²) in [6.45, 7) is 6.15. The summed E-state index contributed by atoms with van der Waals surface area (Å²) in [5.74, 6) is -1.20.